The van der Waals surface area contributed by atoms with Gasteiger partial charge in [-0.15, -0.1) is 0 Å². The van der Waals surface area contributed by atoms with Gasteiger partial charge in [-0.25, -0.2) is 19.4 Å². The number of hydrogen-bond donors (Lipinski definition) is 2. The molecule has 3 N–H and O–H groups in total. The van der Waals surface area contributed by atoms with E-state index in [9.17, 15) is 37.1 Å². The molecular weight excluding hydrogens is 811 g/mol. The standard InChI is InChI=1S/C41H47ClF3N7O8/c1-40(2,3)37(55)59-24-58-36(54)27-8-9-33(47-23-27)49-16-18-50(19-17-49)35(53)32(22-25-20-29(41(43,44)45)34(46)30(42)21-25)60-39(57)51-13-11-28(12-14-51)52-15-10-26-6-4-5-7-31(26)48-38(52)56/h4-9,20-21,23,28,32H,10-19,22,24,46H2,1-3H3,(H,48,56)/t32-/m1/s1. The zero-order valence-electron chi connectivity index (χ0n) is 33.4. The Hall–Kier alpha value is -5.78. The summed E-state index contributed by atoms with van der Waals surface area (Å²) in [5, 5.41) is 2.61. The smallest absolute Gasteiger partial charge is 0.418 e. The number of carbonyl (C=O) groups excluding carboxylic acids is 5. The van der Waals surface area contributed by atoms with Crippen molar-refractivity contribution in [3.63, 3.8) is 0 Å². The van der Waals surface area contributed by atoms with Crippen LogP contribution in [0.15, 0.2) is 54.7 Å². The Kier molecular flexibility index (Phi) is 13.3. The van der Waals surface area contributed by atoms with Crippen LogP contribution in [0.25, 0.3) is 0 Å². The van der Waals surface area contributed by atoms with Gasteiger partial charge in [0, 0.05) is 70.2 Å². The zero-order chi connectivity index (χ0) is 43.4. The molecule has 19 heteroatoms. The van der Waals surface area contributed by atoms with Crippen LogP contribution in [0.3, 0.4) is 0 Å². The van der Waals surface area contributed by atoms with Gasteiger partial charge in [-0.05, 0) is 81.5 Å². The van der Waals surface area contributed by atoms with Gasteiger partial charge < -0.3 is 44.9 Å². The normalized spacial score (nSPS) is 16.9. The third-order valence-corrected chi connectivity index (χ3v) is 10.9. The summed E-state index contributed by atoms with van der Waals surface area (Å²) in [5.41, 5.74) is 4.98. The van der Waals surface area contributed by atoms with Crippen molar-refractivity contribution < 1.29 is 51.4 Å². The van der Waals surface area contributed by atoms with Crippen molar-refractivity contribution in [1.29, 1.82) is 0 Å². The average molecular weight is 858 g/mol. The number of nitrogens with zero attached hydrogens (tertiary/aromatic N) is 5. The molecule has 0 saturated carbocycles. The number of carbonyl (C=O) groups is 5. The first-order valence-corrected chi connectivity index (χ1v) is 19.9. The molecule has 3 aliphatic rings. The average Bonchev–Trinajstić information content (AvgIpc) is 3.38. The summed E-state index contributed by atoms with van der Waals surface area (Å²) in [7, 11) is 0. The molecule has 0 aliphatic carbocycles. The topological polar surface area (TPSA) is 177 Å². The number of esters is 2. The first kappa shape index (κ1) is 43.8. The number of halogens is 4. The second kappa shape index (κ2) is 18.2. The minimum Gasteiger partial charge on any atom is -0.436 e. The molecule has 2 saturated heterocycles. The van der Waals surface area contributed by atoms with Crippen molar-refractivity contribution in [1.82, 2.24) is 19.7 Å². The highest BCUT2D eigenvalue weighted by Gasteiger charge is 2.38. The number of piperazine rings is 1. The van der Waals surface area contributed by atoms with Gasteiger partial charge in [-0.1, -0.05) is 29.8 Å². The minimum absolute atomic E-state index is 0.00614. The van der Waals surface area contributed by atoms with Gasteiger partial charge in [0.2, 0.25) is 6.79 Å². The summed E-state index contributed by atoms with van der Waals surface area (Å²) < 4.78 is 57.5. The number of pyridine rings is 1. The van der Waals surface area contributed by atoms with E-state index in [1.807, 2.05) is 29.2 Å². The highest BCUT2D eigenvalue weighted by Crippen LogP contribution is 2.38. The Bertz CT molecular complexity index is 2080. The number of rotatable bonds is 9. The second-order valence-electron chi connectivity index (χ2n) is 15.8. The van der Waals surface area contributed by atoms with Crippen molar-refractivity contribution in [2.24, 2.45) is 5.41 Å². The van der Waals surface area contributed by atoms with E-state index in [0.29, 0.717) is 44.7 Å². The zero-order valence-corrected chi connectivity index (χ0v) is 34.2. The summed E-state index contributed by atoms with van der Waals surface area (Å²) in [6.07, 6.45) is -4.69. The minimum atomic E-state index is -4.83. The van der Waals surface area contributed by atoms with E-state index in [1.54, 1.807) is 31.7 Å². The van der Waals surface area contributed by atoms with E-state index in [1.165, 1.54) is 28.1 Å². The molecule has 0 radical (unpaired) electrons. The number of piperidine rings is 1. The van der Waals surface area contributed by atoms with E-state index in [0.717, 1.165) is 17.3 Å². The monoisotopic (exact) mass is 857 g/mol. The summed E-state index contributed by atoms with van der Waals surface area (Å²) >= 11 is 6.11. The first-order valence-electron chi connectivity index (χ1n) is 19.5. The predicted octanol–water partition coefficient (Wildman–Crippen LogP) is 5.99. The lowest BCUT2D eigenvalue weighted by atomic mass is 9.98. The van der Waals surface area contributed by atoms with Crippen LogP contribution in [0.5, 0.6) is 0 Å². The molecule has 322 valence electrons. The van der Waals surface area contributed by atoms with Crippen LogP contribution < -0.4 is 16.0 Å². The second-order valence-corrected chi connectivity index (χ2v) is 16.2. The number of aromatic nitrogens is 1. The van der Waals surface area contributed by atoms with Gasteiger partial charge in [-0.3, -0.25) is 9.59 Å². The van der Waals surface area contributed by atoms with Gasteiger partial charge >= 0.3 is 30.2 Å². The first-order chi connectivity index (χ1) is 28.4. The van der Waals surface area contributed by atoms with Crippen LogP contribution in [0, 0.1) is 5.41 Å². The summed E-state index contributed by atoms with van der Waals surface area (Å²) in [6.45, 7) is 6.29. The lowest BCUT2D eigenvalue weighted by Crippen LogP contribution is -2.54. The van der Waals surface area contributed by atoms with E-state index < -0.39 is 66.1 Å². The van der Waals surface area contributed by atoms with E-state index in [4.69, 9.17) is 31.5 Å². The molecule has 1 aromatic heterocycles. The number of benzene rings is 2. The van der Waals surface area contributed by atoms with Gasteiger partial charge in [0.05, 0.1) is 27.3 Å². The molecule has 3 aromatic rings. The number of urea groups is 1. The largest absolute Gasteiger partial charge is 0.436 e. The molecule has 6 rings (SSSR count). The highest BCUT2D eigenvalue weighted by molar-refractivity contribution is 6.33. The molecule has 15 nitrogen and oxygen atoms in total. The number of hydrogen-bond acceptors (Lipinski definition) is 11. The van der Waals surface area contributed by atoms with Crippen LogP contribution in [-0.2, 0) is 42.8 Å². The maximum Gasteiger partial charge on any atom is 0.418 e. The van der Waals surface area contributed by atoms with Crippen molar-refractivity contribution in [3.8, 4) is 0 Å². The molecule has 4 heterocycles. The third kappa shape index (κ3) is 10.5. The van der Waals surface area contributed by atoms with Gasteiger partial charge in [0.15, 0.2) is 6.10 Å². The van der Waals surface area contributed by atoms with E-state index in [2.05, 4.69) is 10.3 Å². The summed E-state index contributed by atoms with van der Waals surface area (Å²) in [6, 6.07) is 12.3. The lowest BCUT2D eigenvalue weighted by molar-refractivity contribution is -0.161. The fourth-order valence-electron chi connectivity index (χ4n) is 7.20. The molecular formula is C41H47ClF3N7O8. The Morgan fingerprint density at radius 1 is 0.933 bits per heavy atom. The third-order valence-electron chi connectivity index (χ3n) is 10.6. The summed E-state index contributed by atoms with van der Waals surface area (Å²) in [4.78, 5) is 76.2. The fraction of sp³-hybridized carbons (Fsp3) is 0.463. The fourth-order valence-corrected chi connectivity index (χ4v) is 7.45. The van der Waals surface area contributed by atoms with Crippen molar-refractivity contribution in [2.45, 2.75) is 64.8 Å². The number of ether oxygens (including phenoxy) is 3. The van der Waals surface area contributed by atoms with Crippen LogP contribution in [0.1, 0.15) is 60.7 Å². The number of fused-ring (bicyclic) bond motifs is 1. The van der Waals surface area contributed by atoms with Gasteiger partial charge in [0.1, 0.15) is 5.82 Å². The SMILES string of the molecule is CC(C)(C)C(=O)OCOC(=O)c1ccc(N2CCN(C(=O)[C@@H](Cc3cc(Cl)c(N)c(C(F)(F)F)c3)OC(=O)N3CCC(N4CCc5ccccc5NC4=O)CC3)CC2)nc1. The molecule has 2 aromatic carbocycles. The Morgan fingerprint density at radius 3 is 2.28 bits per heavy atom. The maximum absolute atomic E-state index is 14.1. The Balaban J connectivity index is 1.09. The molecule has 60 heavy (non-hydrogen) atoms. The highest BCUT2D eigenvalue weighted by atomic mass is 35.5. The van der Waals surface area contributed by atoms with Gasteiger partial charge in [0.25, 0.3) is 5.91 Å². The van der Waals surface area contributed by atoms with Crippen LogP contribution in [0.2, 0.25) is 5.02 Å². The number of anilines is 3. The van der Waals surface area contributed by atoms with Crippen LogP contribution in [0.4, 0.5) is 40.0 Å². The number of amides is 4. The maximum atomic E-state index is 14.1. The molecule has 3 aliphatic heterocycles. The number of alkyl halides is 3. The van der Waals surface area contributed by atoms with Crippen molar-refractivity contribution in [2.75, 3.05) is 68.6 Å². The quantitative estimate of drug-likeness (QED) is 0.147. The molecule has 1 atom stereocenters. The molecule has 0 unspecified atom stereocenters. The van der Waals surface area contributed by atoms with Crippen LogP contribution in [-0.4, -0.2) is 114 Å². The molecule has 2 fully saturated rings. The van der Waals surface area contributed by atoms with Crippen molar-refractivity contribution in [3.05, 3.63) is 82.0 Å². The number of para-hydroxylation sites is 1. The Morgan fingerprint density at radius 2 is 1.63 bits per heavy atom. The number of likely N-dealkylation sites (tertiary alicyclic amines) is 1. The Labute approximate surface area is 349 Å². The number of nitrogen functional groups attached to an aromatic ring is 1. The predicted molar refractivity (Wildman–Crippen MR) is 214 cm³/mol. The molecule has 0 spiro atoms. The van der Waals surface area contributed by atoms with E-state index >= 15 is 0 Å². The van der Waals surface area contributed by atoms with Crippen molar-refractivity contribution >= 4 is 58.8 Å². The molecule has 4 amide bonds. The van der Waals surface area contributed by atoms with E-state index in [-0.39, 0.29) is 54.4 Å². The van der Waals surface area contributed by atoms with Crippen LogP contribution >= 0.6 is 11.6 Å². The number of nitrogens with one attached hydrogen (secondary N) is 1. The van der Waals surface area contributed by atoms with Gasteiger partial charge in [-0.2, -0.15) is 13.2 Å². The lowest BCUT2D eigenvalue weighted by Gasteiger charge is -2.39. The number of nitrogens with two attached hydrogens (primary N) is 1. The molecule has 0 bridgehead atoms. The summed E-state index contributed by atoms with van der Waals surface area (Å²) in [5.74, 6) is -1.38.